The zero-order valence-corrected chi connectivity index (χ0v) is 29.6. The van der Waals surface area contributed by atoms with Gasteiger partial charge in [-0.15, -0.1) is 0 Å². The van der Waals surface area contributed by atoms with Crippen LogP contribution in [0.15, 0.2) is 23.8 Å². The van der Waals surface area contributed by atoms with Crippen molar-refractivity contribution < 1.29 is 70.1 Å². The molecule has 0 amide bonds. The van der Waals surface area contributed by atoms with Crippen LogP contribution in [0.5, 0.6) is 0 Å². The number of rotatable bonds is 15. The molecule has 0 spiro atoms. The summed E-state index contributed by atoms with van der Waals surface area (Å²) >= 11 is 0. The number of aromatic nitrogens is 8. The van der Waals surface area contributed by atoms with E-state index in [2.05, 4.69) is 38.5 Å². The van der Waals surface area contributed by atoms with Gasteiger partial charge in [0.15, 0.2) is 35.1 Å². The highest BCUT2D eigenvalue weighted by Crippen LogP contribution is 2.68. The van der Waals surface area contributed by atoms with E-state index in [0.29, 0.717) is 11.2 Å². The summed E-state index contributed by atoms with van der Waals surface area (Å²) in [6.45, 7) is -1.69. The van der Waals surface area contributed by atoms with Gasteiger partial charge in [-0.2, -0.15) is 13.6 Å². The van der Waals surface area contributed by atoms with Crippen LogP contribution in [0, 0.1) is 5.92 Å². The molecule has 0 radical (unpaired) electrons. The van der Waals surface area contributed by atoms with Crippen molar-refractivity contribution in [3.8, 4) is 0 Å². The van der Waals surface area contributed by atoms with Crippen LogP contribution in [0.4, 0.5) is 11.8 Å². The van der Waals surface area contributed by atoms with Crippen molar-refractivity contribution >= 4 is 57.6 Å². The van der Waals surface area contributed by atoms with Gasteiger partial charge in [-0.25, -0.2) is 33.6 Å². The van der Waals surface area contributed by atoms with Gasteiger partial charge in [-0.1, -0.05) is 0 Å². The number of H-pyrrole nitrogens is 1. The maximum atomic E-state index is 12.7. The second-order valence-corrected chi connectivity index (χ2v) is 16.0. The molecule has 4 aromatic rings. The fraction of sp³-hybridized carbons (Fsp3) is 0.565. The van der Waals surface area contributed by atoms with Crippen molar-refractivity contribution in [1.29, 1.82) is 0 Å². The number of hydrogen-bond acceptors (Lipinski definition) is 20. The number of nitrogens with one attached hydrogen (secondary N) is 1. The van der Waals surface area contributed by atoms with E-state index in [9.17, 15) is 38.3 Å². The highest BCUT2D eigenvalue weighted by molar-refractivity contribution is 7.66. The van der Waals surface area contributed by atoms with Crippen LogP contribution in [0.1, 0.15) is 18.9 Å². The number of aliphatic hydroxyl groups excluding tert-OH is 1. The minimum absolute atomic E-state index is 0.0430. The standard InChI is InChI=1S/C23H33N10O16P3/c1-42-5-11-13(47-22(16(11)34)33-9-29-15-19(33)30-23(25)31-20(15)35)6-45-51(38,39)49-52(40,41)48-50(36,37)44-4-10-3-12(43-2)21(46-10)32-8-28-14-17(24)26-7-27-18(14)32/h7-13,16,21-22,34H,3-6H2,1-2H3,(H,36,37)(H,38,39)(H,40,41)(H2,24,26,27)(H3,25,30,31,35)/t10-,11+,12+,13+,16+,21+,22+/m0/s1. The molecule has 0 bridgehead atoms. The fourth-order valence-corrected chi connectivity index (χ4v) is 9.26. The molecule has 0 aromatic carbocycles. The number of anilines is 2. The van der Waals surface area contributed by atoms with E-state index >= 15 is 0 Å². The molecule has 52 heavy (non-hydrogen) atoms. The molecule has 9 N–H and O–H groups in total. The number of imidazole rings is 2. The molecule has 0 aliphatic carbocycles. The number of phosphoric acid groups is 3. The zero-order valence-electron chi connectivity index (χ0n) is 26.9. The molecular weight excluding hydrogens is 765 g/mol. The molecule has 2 aliphatic heterocycles. The Morgan fingerprint density at radius 2 is 1.54 bits per heavy atom. The predicted octanol–water partition coefficient (Wildman–Crippen LogP) is -0.685. The molecule has 2 saturated heterocycles. The van der Waals surface area contributed by atoms with Gasteiger partial charge in [0.25, 0.3) is 5.56 Å². The Balaban J connectivity index is 1.05. The quantitative estimate of drug-likeness (QED) is 0.0732. The van der Waals surface area contributed by atoms with E-state index in [4.69, 9.17) is 39.5 Å². The first kappa shape index (κ1) is 38.4. The molecule has 10 atom stereocenters. The van der Waals surface area contributed by atoms with Crippen molar-refractivity contribution in [2.45, 2.75) is 43.3 Å². The van der Waals surface area contributed by atoms with Crippen LogP contribution in [0.3, 0.4) is 0 Å². The summed E-state index contributed by atoms with van der Waals surface area (Å²) < 4.78 is 80.9. The molecule has 29 heteroatoms. The van der Waals surface area contributed by atoms with Gasteiger partial charge < -0.3 is 50.2 Å². The number of aromatic amines is 1. The molecule has 0 saturated carbocycles. The lowest BCUT2D eigenvalue weighted by atomic mass is 9.99. The van der Waals surface area contributed by atoms with E-state index in [1.165, 1.54) is 36.0 Å². The third-order valence-electron chi connectivity index (χ3n) is 7.95. The number of hydrogen-bond donors (Lipinski definition) is 7. The van der Waals surface area contributed by atoms with Gasteiger partial charge in [0.2, 0.25) is 5.95 Å². The number of nitrogens with zero attached hydrogens (tertiary/aromatic N) is 7. The van der Waals surface area contributed by atoms with Crippen molar-refractivity contribution in [2.75, 3.05) is 45.5 Å². The summed E-state index contributed by atoms with van der Waals surface area (Å²) in [7, 11) is -14.2. The minimum atomic E-state index is -5.85. The summed E-state index contributed by atoms with van der Waals surface area (Å²) in [6.07, 6.45) is -2.42. The van der Waals surface area contributed by atoms with Crippen molar-refractivity contribution in [2.24, 2.45) is 5.92 Å². The third-order valence-corrected chi connectivity index (χ3v) is 12.2. The molecule has 6 rings (SSSR count). The second-order valence-electron chi connectivity index (χ2n) is 11.4. The van der Waals surface area contributed by atoms with E-state index in [1.807, 2.05) is 0 Å². The SMILES string of the molecule is COC[C@H]1[C@@H](O)[C@H](n2cnc3c(=O)[nH]c(N)nc32)O[C@@H]1COP(=O)(O)OP(=O)(O)OP(=O)(O)OC[C@@H]1C[C@@H](OC)[C@H](n2cnc3c(N)ncnc32)O1. The summed E-state index contributed by atoms with van der Waals surface area (Å²) in [5.41, 5.74) is 11.3. The van der Waals surface area contributed by atoms with Crippen LogP contribution in [-0.4, -0.2) is 117 Å². The van der Waals surface area contributed by atoms with Crippen LogP contribution >= 0.6 is 23.5 Å². The smallest absolute Gasteiger partial charge is 0.388 e. The summed E-state index contributed by atoms with van der Waals surface area (Å²) in [4.78, 5) is 65.1. The summed E-state index contributed by atoms with van der Waals surface area (Å²) in [6, 6.07) is 0. The van der Waals surface area contributed by atoms with E-state index in [0.717, 1.165) is 6.33 Å². The fourth-order valence-electron chi connectivity index (χ4n) is 5.72. The highest BCUT2D eigenvalue weighted by Gasteiger charge is 2.48. The van der Waals surface area contributed by atoms with Gasteiger partial charge in [-0.05, 0) is 0 Å². The minimum Gasteiger partial charge on any atom is -0.388 e. The molecule has 2 aliphatic rings. The second kappa shape index (κ2) is 14.9. The lowest BCUT2D eigenvalue weighted by Crippen LogP contribution is -2.32. The Morgan fingerprint density at radius 1 is 0.885 bits per heavy atom. The topological polar surface area (TPSA) is 365 Å². The maximum absolute atomic E-state index is 12.7. The first-order valence-electron chi connectivity index (χ1n) is 14.9. The van der Waals surface area contributed by atoms with Gasteiger partial charge in [0, 0.05) is 26.6 Å². The molecule has 286 valence electrons. The van der Waals surface area contributed by atoms with E-state index < -0.39 is 85.0 Å². The van der Waals surface area contributed by atoms with Gasteiger partial charge in [-0.3, -0.25) is 28.0 Å². The zero-order chi connectivity index (χ0) is 37.6. The molecular formula is C23H33N10O16P3. The summed E-state index contributed by atoms with van der Waals surface area (Å²) in [5, 5.41) is 11.0. The number of fused-ring (bicyclic) bond motifs is 2. The highest BCUT2D eigenvalue weighted by atomic mass is 31.3. The largest absolute Gasteiger partial charge is 0.490 e. The Hall–Kier alpha value is -3.29. The average Bonchev–Trinajstić information content (AvgIpc) is 3.83. The van der Waals surface area contributed by atoms with Gasteiger partial charge in [0.1, 0.15) is 24.1 Å². The number of aliphatic hydroxyl groups is 1. The Bertz CT molecular complexity index is 2130. The Morgan fingerprint density at radius 3 is 2.21 bits per heavy atom. The Labute approximate surface area is 290 Å². The molecule has 26 nitrogen and oxygen atoms in total. The maximum Gasteiger partial charge on any atom is 0.490 e. The van der Waals surface area contributed by atoms with Gasteiger partial charge >= 0.3 is 23.5 Å². The number of phosphoric ester groups is 2. The van der Waals surface area contributed by atoms with Crippen LogP contribution in [0.25, 0.3) is 22.3 Å². The number of ether oxygens (including phenoxy) is 4. The van der Waals surface area contributed by atoms with Gasteiger partial charge in [0.05, 0.1) is 44.7 Å². The first-order valence-corrected chi connectivity index (χ1v) is 19.4. The number of nitrogens with two attached hydrogens (primary N) is 2. The number of nitrogen functional groups attached to an aromatic ring is 2. The normalized spacial score (nSPS) is 28.6. The van der Waals surface area contributed by atoms with E-state index in [1.54, 1.807) is 0 Å². The molecule has 3 unspecified atom stereocenters. The first-order chi connectivity index (χ1) is 24.5. The molecule has 2 fully saturated rings. The number of methoxy groups -OCH3 is 2. The van der Waals surface area contributed by atoms with Crippen LogP contribution in [0.2, 0.25) is 0 Å². The predicted molar refractivity (Wildman–Crippen MR) is 170 cm³/mol. The monoisotopic (exact) mass is 798 g/mol. The lowest BCUT2D eigenvalue weighted by Gasteiger charge is -2.22. The van der Waals surface area contributed by atoms with E-state index in [-0.39, 0.29) is 36.0 Å². The summed E-state index contributed by atoms with van der Waals surface area (Å²) in [5.74, 6) is -1.06. The molecule has 6 heterocycles. The average molecular weight is 798 g/mol. The molecule has 4 aromatic heterocycles. The van der Waals surface area contributed by atoms with Crippen LogP contribution in [-0.2, 0) is 50.3 Å². The third kappa shape index (κ3) is 8.11. The van der Waals surface area contributed by atoms with Crippen molar-refractivity contribution in [3.05, 3.63) is 29.3 Å². The van der Waals surface area contributed by atoms with Crippen molar-refractivity contribution in [1.82, 2.24) is 39.0 Å². The lowest BCUT2D eigenvalue weighted by molar-refractivity contribution is -0.0578. The van der Waals surface area contributed by atoms with Crippen LogP contribution < -0.4 is 17.0 Å². The van der Waals surface area contributed by atoms with Crippen molar-refractivity contribution in [3.63, 3.8) is 0 Å². The Kier molecular flexibility index (Phi) is 11.0.